The lowest BCUT2D eigenvalue weighted by atomic mass is 9.69. The van der Waals surface area contributed by atoms with Gasteiger partial charge in [0.25, 0.3) is 0 Å². The van der Waals surface area contributed by atoms with Crippen LogP contribution in [-0.4, -0.2) is 42.7 Å². The molecule has 0 amide bonds. The Kier molecular flexibility index (Phi) is 11.5. The highest BCUT2D eigenvalue weighted by Crippen LogP contribution is 2.42. The third-order valence-corrected chi connectivity index (χ3v) is 9.70. The van der Waals surface area contributed by atoms with E-state index in [0.29, 0.717) is 0 Å². The molecule has 0 bridgehead atoms. The maximum Gasteiger partial charge on any atom is 0.118 e. The second kappa shape index (κ2) is 16.7. The van der Waals surface area contributed by atoms with Gasteiger partial charge in [-0.05, 0) is 118 Å². The van der Waals surface area contributed by atoms with E-state index >= 15 is 0 Å². The van der Waals surface area contributed by atoms with Gasteiger partial charge in [-0.3, -0.25) is 0 Å². The number of hydrogen-bond acceptors (Lipinski definition) is 6. The van der Waals surface area contributed by atoms with Crippen molar-refractivity contribution in [2.45, 2.75) is 10.8 Å². The van der Waals surface area contributed by atoms with E-state index < -0.39 is 10.8 Å². The van der Waals surface area contributed by atoms with Crippen LogP contribution in [0.2, 0.25) is 0 Å². The van der Waals surface area contributed by atoms with Crippen LogP contribution in [0.25, 0.3) is 0 Å². The molecule has 0 atom stereocenters. The summed E-state index contributed by atoms with van der Waals surface area (Å²) in [4.78, 5) is 0. The topological polar surface area (TPSA) is 55.4 Å². The molecule has 0 unspecified atom stereocenters. The first-order chi connectivity index (χ1) is 26.4. The van der Waals surface area contributed by atoms with Crippen molar-refractivity contribution in [2.24, 2.45) is 0 Å². The van der Waals surface area contributed by atoms with E-state index in [9.17, 15) is 0 Å². The summed E-state index contributed by atoms with van der Waals surface area (Å²) >= 11 is 0. The molecule has 6 aromatic carbocycles. The van der Waals surface area contributed by atoms with E-state index in [1.165, 1.54) is 0 Å². The zero-order chi connectivity index (χ0) is 38.0. The standard InChI is InChI=1S/C48H42O6/c1-49-41-21-9-35(10-22-41)47(36-11-23-42(50-2)24-12-36,37-13-25-43(51-3)26-14-37)33-7-8-34-48(38-15-27-44(52-4)28-16-38,39-17-29-45(53-5)30-18-39)40-19-31-46(54-6)32-20-40/h9-32H,1-6H3. The van der Waals surface area contributed by atoms with Crippen LogP contribution in [-0.2, 0) is 10.8 Å². The maximum atomic E-state index is 5.54. The molecule has 54 heavy (non-hydrogen) atoms. The molecule has 0 saturated carbocycles. The summed E-state index contributed by atoms with van der Waals surface area (Å²) in [5.41, 5.74) is 3.78. The minimum atomic E-state index is -0.942. The highest BCUT2D eigenvalue weighted by Gasteiger charge is 2.37. The lowest BCUT2D eigenvalue weighted by molar-refractivity contribution is 0.413. The summed E-state index contributed by atoms with van der Waals surface area (Å²) in [6.07, 6.45) is 0. The van der Waals surface area contributed by atoms with Gasteiger partial charge in [0.2, 0.25) is 0 Å². The summed E-state index contributed by atoms with van der Waals surface area (Å²) in [5, 5.41) is 0. The van der Waals surface area contributed by atoms with Crippen molar-refractivity contribution in [2.75, 3.05) is 42.7 Å². The van der Waals surface area contributed by atoms with Gasteiger partial charge in [-0.2, -0.15) is 0 Å². The van der Waals surface area contributed by atoms with Crippen molar-refractivity contribution >= 4 is 0 Å². The van der Waals surface area contributed by atoms with Gasteiger partial charge in [0, 0.05) is 0 Å². The van der Waals surface area contributed by atoms with E-state index in [1.807, 2.05) is 146 Å². The van der Waals surface area contributed by atoms with E-state index in [-0.39, 0.29) is 0 Å². The highest BCUT2D eigenvalue weighted by molar-refractivity contribution is 5.64. The van der Waals surface area contributed by atoms with Crippen LogP contribution in [0.1, 0.15) is 33.4 Å². The zero-order valence-electron chi connectivity index (χ0n) is 31.3. The molecular formula is C48H42O6. The molecule has 0 heterocycles. The minimum Gasteiger partial charge on any atom is -0.497 e. The molecule has 6 heteroatoms. The number of ether oxygens (including phenoxy) is 6. The Balaban J connectivity index is 1.65. The van der Waals surface area contributed by atoms with Gasteiger partial charge >= 0.3 is 0 Å². The largest absolute Gasteiger partial charge is 0.497 e. The Morgan fingerprint density at radius 2 is 0.407 bits per heavy atom. The fourth-order valence-corrected chi connectivity index (χ4v) is 6.73. The van der Waals surface area contributed by atoms with Crippen LogP contribution < -0.4 is 28.4 Å². The molecule has 0 aliphatic heterocycles. The fraction of sp³-hybridized carbons (Fsp3) is 0.167. The molecular weight excluding hydrogens is 673 g/mol. The number of benzene rings is 6. The van der Waals surface area contributed by atoms with Gasteiger partial charge in [-0.1, -0.05) is 84.6 Å². The first kappa shape index (κ1) is 37.0. The summed E-state index contributed by atoms with van der Waals surface area (Å²) in [5.74, 6) is 18.5. The molecule has 0 fully saturated rings. The Morgan fingerprint density at radius 3 is 0.537 bits per heavy atom. The van der Waals surface area contributed by atoms with E-state index in [4.69, 9.17) is 28.4 Å². The Hall–Kier alpha value is -6.76. The molecule has 0 radical (unpaired) electrons. The van der Waals surface area contributed by atoms with Crippen molar-refractivity contribution in [1.82, 2.24) is 0 Å². The first-order valence-corrected chi connectivity index (χ1v) is 17.4. The van der Waals surface area contributed by atoms with Gasteiger partial charge in [-0.15, -0.1) is 0 Å². The Bertz CT molecular complexity index is 1850. The maximum absolute atomic E-state index is 5.54. The quantitative estimate of drug-likeness (QED) is 0.0932. The molecule has 0 aliphatic rings. The molecule has 6 nitrogen and oxygen atoms in total. The van der Waals surface area contributed by atoms with Crippen LogP contribution in [0.4, 0.5) is 0 Å². The van der Waals surface area contributed by atoms with E-state index in [0.717, 1.165) is 67.9 Å². The number of rotatable bonds is 12. The molecule has 6 rings (SSSR count). The summed E-state index contributed by atoms with van der Waals surface area (Å²) in [6, 6.07) is 48.0. The normalized spacial score (nSPS) is 10.9. The van der Waals surface area contributed by atoms with E-state index in [2.05, 4.69) is 23.7 Å². The zero-order valence-corrected chi connectivity index (χ0v) is 31.3. The van der Waals surface area contributed by atoms with Crippen LogP contribution in [0.15, 0.2) is 146 Å². The number of hydrogen-bond donors (Lipinski definition) is 0. The van der Waals surface area contributed by atoms with Crippen molar-refractivity contribution in [1.29, 1.82) is 0 Å². The second-order valence-corrected chi connectivity index (χ2v) is 12.4. The van der Waals surface area contributed by atoms with Gasteiger partial charge in [0.15, 0.2) is 0 Å². The van der Waals surface area contributed by atoms with Crippen molar-refractivity contribution in [3.8, 4) is 58.2 Å². The van der Waals surface area contributed by atoms with Crippen molar-refractivity contribution < 1.29 is 28.4 Å². The third kappa shape index (κ3) is 7.29. The predicted octanol–water partition coefficient (Wildman–Crippen LogP) is 9.11. The third-order valence-electron chi connectivity index (χ3n) is 9.70. The summed E-state index contributed by atoms with van der Waals surface area (Å²) in [6.45, 7) is 0. The molecule has 270 valence electrons. The van der Waals surface area contributed by atoms with E-state index in [1.54, 1.807) is 42.7 Å². The van der Waals surface area contributed by atoms with Crippen molar-refractivity contribution in [3.63, 3.8) is 0 Å². The van der Waals surface area contributed by atoms with Gasteiger partial charge < -0.3 is 28.4 Å². The number of methoxy groups -OCH3 is 6. The smallest absolute Gasteiger partial charge is 0.118 e. The van der Waals surface area contributed by atoms with Crippen LogP contribution >= 0.6 is 0 Å². The Morgan fingerprint density at radius 1 is 0.259 bits per heavy atom. The molecule has 0 aromatic heterocycles. The predicted molar refractivity (Wildman–Crippen MR) is 213 cm³/mol. The lowest BCUT2D eigenvalue weighted by Crippen LogP contribution is -2.28. The van der Waals surface area contributed by atoms with Gasteiger partial charge in [0.1, 0.15) is 45.3 Å². The van der Waals surface area contributed by atoms with Crippen molar-refractivity contribution in [3.05, 3.63) is 179 Å². The molecule has 0 saturated heterocycles. The molecule has 0 spiro atoms. The van der Waals surface area contributed by atoms with Gasteiger partial charge in [0.05, 0.1) is 42.7 Å². The summed E-state index contributed by atoms with van der Waals surface area (Å²) in [7, 11) is 9.95. The van der Waals surface area contributed by atoms with Crippen LogP contribution in [0.5, 0.6) is 34.5 Å². The Labute approximate surface area is 318 Å². The SMILES string of the molecule is COc1ccc(C(C#CC#CC(c2ccc(OC)cc2)(c2ccc(OC)cc2)c2ccc(OC)cc2)(c2ccc(OC)cc2)c2ccc(OC)cc2)cc1. The average molecular weight is 715 g/mol. The second-order valence-electron chi connectivity index (χ2n) is 12.4. The minimum absolute atomic E-state index is 0.744. The molecule has 6 aromatic rings. The van der Waals surface area contributed by atoms with Crippen LogP contribution in [0.3, 0.4) is 0 Å². The lowest BCUT2D eigenvalue weighted by Gasteiger charge is -2.31. The van der Waals surface area contributed by atoms with Gasteiger partial charge in [-0.25, -0.2) is 0 Å². The first-order valence-electron chi connectivity index (χ1n) is 17.4. The molecule has 0 N–H and O–H groups in total. The summed E-state index contributed by atoms with van der Waals surface area (Å²) < 4.78 is 33.3. The van der Waals surface area contributed by atoms with Crippen LogP contribution in [0, 0.1) is 23.7 Å². The monoisotopic (exact) mass is 714 g/mol. The fourth-order valence-electron chi connectivity index (χ4n) is 6.73. The average Bonchev–Trinajstić information content (AvgIpc) is 3.25. The highest BCUT2D eigenvalue weighted by atomic mass is 16.5. The molecule has 0 aliphatic carbocycles.